The van der Waals surface area contributed by atoms with E-state index < -0.39 is 0 Å². The van der Waals surface area contributed by atoms with Crippen molar-refractivity contribution in [2.75, 3.05) is 50.7 Å². The number of amides is 1. The molecule has 0 spiro atoms. The van der Waals surface area contributed by atoms with Gasteiger partial charge < -0.3 is 10.2 Å². The predicted molar refractivity (Wildman–Crippen MR) is 137 cm³/mol. The number of pyridine rings is 1. The molecule has 0 unspecified atom stereocenters. The van der Waals surface area contributed by atoms with Crippen LogP contribution in [0.5, 0.6) is 0 Å². The Hall–Kier alpha value is -2.15. The zero-order valence-corrected chi connectivity index (χ0v) is 20.7. The van der Waals surface area contributed by atoms with E-state index >= 15 is 0 Å². The molecule has 2 saturated heterocycles. The van der Waals surface area contributed by atoms with Gasteiger partial charge in [-0.3, -0.25) is 14.6 Å². The summed E-state index contributed by atoms with van der Waals surface area (Å²) in [5.41, 5.74) is 1.95. The minimum atomic E-state index is 0.0237. The third-order valence-corrected chi connectivity index (χ3v) is 7.90. The molecular formula is C27H36ClN5O. The molecule has 5 rings (SSSR count). The minimum absolute atomic E-state index is 0.0237. The van der Waals surface area contributed by atoms with Crippen LogP contribution >= 0.6 is 11.6 Å². The van der Waals surface area contributed by atoms with Crippen molar-refractivity contribution in [1.82, 2.24) is 20.1 Å². The standard InChI is InChI=1S/C27H36ClN5O/c28-25-5-2-1-4-23(25)20-31-14-9-24(10-15-31)32-12-3-13-33(17-16-32)26-18-22(8-11-29-26)27(34)30-19-21-6-7-21/h1-2,4-5,8,11,18,21,24H,3,6-7,9-10,12-17,19-20H2,(H,30,34). The molecule has 1 aromatic carbocycles. The fourth-order valence-electron chi connectivity index (χ4n) is 5.24. The molecule has 0 bridgehead atoms. The van der Waals surface area contributed by atoms with Crippen LogP contribution in [0.3, 0.4) is 0 Å². The van der Waals surface area contributed by atoms with Gasteiger partial charge in [0, 0.05) is 62.1 Å². The van der Waals surface area contributed by atoms with Gasteiger partial charge in [-0.2, -0.15) is 0 Å². The number of anilines is 1. The number of nitrogens with one attached hydrogen (secondary N) is 1. The highest BCUT2D eigenvalue weighted by molar-refractivity contribution is 6.31. The van der Waals surface area contributed by atoms with E-state index in [2.05, 4.69) is 37.1 Å². The molecule has 2 aromatic rings. The molecule has 1 aromatic heterocycles. The Kier molecular flexibility index (Phi) is 7.67. The lowest BCUT2D eigenvalue weighted by Crippen LogP contribution is -2.46. The number of carbonyl (C=O) groups excluding carboxylic acids is 1. The van der Waals surface area contributed by atoms with E-state index in [4.69, 9.17) is 11.6 Å². The number of aromatic nitrogens is 1. The summed E-state index contributed by atoms with van der Waals surface area (Å²) in [5, 5.41) is 3.94. The van der Waals surface area contributed by atoms with Crippen LogP contribution in [0, 0.1) is 5.92 Å². The molecule has 7 heteroatoms. The molecule has 0 radical (unpaired) electrons. The van der Waals surface area contributed by atoms with Crippen molar-refractivity contribution >= 4 is 23.3 Å². The normalized spacial score (nSPS) is 20.8. The van der Waals surface area contributed by atoms with E-state index in [1.807, 2.05) is 24.3 Å². The molecule has 34 heavy (non-hydrogen) atoms. The van der Waals surface area contributed by atoms with Crippen molar-refractivity contribution in [3.8, 4) is 0 Å². The Morgan fingerprint density at radius 3 is 2.62 bits per heavy atom. The van der Waals surface area contributed by atoms with Gasteiger partial charge in [0.15, 0.2) is 0 Å². The van der Waals surface area contributed by atoms with E-state index in [9.17, 15) is 4.79 Å². The van der Waals surface area contributed by atoms with E-state index in [1.54, 1.807) is 6.20 Å². The second-order valence-electron chi connectivity index (χ2n) is 10.0. The zero-order chi connectivity index (χ0) is 23.3. The van der Waals surface area contributed by atoms with Crippen LogP contribution in [-0.4, -0.2) is 72.5 Å². The Bertz CT molecular complexity index is 973. The summed E-state index contributed by atoms with van der Waals surface area (Å²) in [4.78, 5) is 24.7. The lowest BCUT2D eigenvalue weighted by Gasteiger charge is -2.38. The number of likely N-dealkylation sites (tertiary alicyclic amines) is 1. The van der Waals surface area contributed by atoms with E-state index in [1.165, 1.54) is 31.2 Å². The first-order chi connectivity index (χ1) is 16.7. The van der Waals surface area contributed by atoms with Crippen LogP contribution in [-0.2, 0) is 6.54 Å². The van der Waals surface area contributed by atoms with Gasteiger partial charge in [-0.05, 0) is 74.9 Å². The van der Waals surface area contributed by atoms with Gasteiger partial charge >= 0.3 is 0 Å². The first-order valence-corrected chi connectivity index (χ1v) is 13.2. The summed E-state index contributed by atoms with van der Waals surface area (Å²) in [6.07, 6.45) is 7.80. The van der Waals surface area contributed by atoms with Gasteiger partial charge in [0.1, 0.15) is 5.82 Å². The van der Waals surface area contributed by atoms with Crippen LogP contribution in [0.1, 0.15) is 48.0 Å². The molecule has 6 nitrogen and oxygen atoms in total. The van der Waals surface area contributed by atoms with Crippen LogP contribution < -0.4 is 10.2 Å². The zero-order valence-electron chi connectivity index (χ0n) is 20.0. The monoisotopic (exact) mass is 481 g/mol. The minimum Gasteiger partial charge on any atom is -0.355 e. The van der Waals surface area contributed by atoms with Crippen LogP contribution in [0.25, 0.3) is 0 Å². The first-order valence-electron chi connectivity index (χ1n) is 12.8. The topological polar surface area (TPSA) is 51.7 Å². The number of halogens is 1. The summed E-state index contributed by atoms with van der Waals surface area (Å²) >= 11 is 6.37. The van der Waals surface area contributed by atoms with Gasteiger partial charge in [-0.1, -0.05) is 29.8 Å². The summed E-state index contributed by atoms with van der Waals surface area (Å²) < 4.78 is 0. The number of benzene rings is 1. The maximum absolute atomic E-state index is 12.5. The molecule has 3 fully saturated rings. The third-order valence-electron chi connectivity index (χ3n) is 7.54. The number of piperidine rings is 1. The Labute approximate surface area is 208 Å². The van der Waals surface area contributed by atoms with Crippen molar-refractivity contribution in [3.05, 3.63) is 58.7 Å². The molecule has 1 amide bonds. The summed E-state index contributed by atoms with van der Waals surface area (Å²) in [7, 11) is 0. The number of rotatable bonds is 7. The van der Waals surface area contributed by atoms with Gasteiger partial charge in [0.25, 0.3) is 5.91 Å². The second-order valence-corrected chi connectivity index (χ2v) is 10.4. The summed E-state index contributed by atoms with van der Waals surface area (Å²) in [6.45, 7) is 8.11. The lowest BCUT2D eigenvalue weighted by molar-refractivity contribution is 0.0951. The fraction of sp³-hybridized carbons (Fsp3) is 0.556. The van der Waals surface area contributed by atoms with Crippen LogP contribution in [0.4, 0.5) is 5.82 Å². The Morgan fingerprint density at radius 2 is 1.82 bits per heavy atom. The quantitative estimate of drug-likeness (QED) is 0.646. The summed E-state index contributed by atoms with van der Waals surface area (Å²) in [6, 6.07) is 12.6. The van der Waals surface area contributed by atoms with Gasteiger partial charge in [-0.15, -0.1) is 0 Å². The number of carbonyl (C=O) groups is 1. The van der Waals surface area contributed by atoms with Gasteiger partial charge in [-0.25, -0.2) is 4.98 Å². The largest absolute Gasteiger partial charge is 0.355 e. The highest BCUT2D eigenvalue weighted by atomic mass is 35.5. The average Bonchev–Trinajstić information content (AvgIpc) is 3.72. The van der Waals surface area contributed by atoms with Crippen LogP contribution in [0.15, 0.2) is 42.6 Å². The summed E-state index contributed by atoms with van der Waals surface area (Å²) in [5.74, 6) is 1.64. The third kappa shape index (κ3) is 6.09. The highest BCUT2D eigenvalue weighted by Gasteiger charge is 2.27. The van der Waals surface area contributed by atoms with Crippen molar-refractivity contribution in [1.29, 1.82) is 0 Å². The van der Waals surface area contributed by atoms with Crippen molar-refractivity contribution in [2.24, 2.45) is 5.92 Å². The molecule has 0 atom stereocenters. The molecule has 182 valence electrons. The lowest BCUT2D eigenvalue weighted by atomic mass is 10.0. The molecule has 1 saturated carbocycles. The highest BCUT2D eigenvalue weighted by Crippen LogP contribution is 2.28. The molecule has 3 aliphatic rings. The van der Waals surface area contributed by atoms with E-state index in [-0.39, 0.29) is 5.91 Å². The number of nitrogens with zero attached hydrogens (tertiary/aromatic N) is 4. The van der Waals surface area contributed by atoms with E-state index in [0.29, 0.717) is 12.0 Å². The fourth-order valence-corrected chi connectivity index (χ4v) is 5.43. The number of hydrogen-bond donors (Lipinski definition) is 1. The SMILES string of the molecule is O=C(NCC1CC1)c1ccnc(N2CCCN(C3CCN(Cc4ccccc4Cl)CC3)CC2)c1. The Balaban J connectivity index is 1.11. The molecule has 3 heterocycles. The molecular weight excluding hydrogens is 446 g/mol. The first kappa shape index (κ1) is 23.6. The molecule has 1 aliphatic carbocycles. The van der Waals surface area contributed by atoms with Gasteiger partial charge in [0.2, 0.25) is 0 Å². The molecule has 2 aliphatic heterocycles. The average molecular weight is 482 g/mol. The van der Waals surface area contributed by atoms with Crippen molar-refractivity contribution in [2.45, 2.75) is 44.7 Å². The van der Waals surface area contributed by atoms with E-state index in [0.717, 1.165) is 75.2 Å². The van der Waals surface area contributed by atoms with Gasteiger partial charge in [0.05, 0.1) is 0 Å². The predicted octanol–water partition coefficient (Wildman–Crippen LogP) is 4.05. The van der Waals surface area contributed by atoms with Crippen molar-refractivity contribution in [3.63, 3.8) is 0 Å². The number of hydrogen-bond acceptors (Lipinski definition) is 5. The second kappa shape index (κ2) is 11.1. The Morgan fingerprint density at radius 1 is 1.00 bits per heavy atom. The van der Waals surface area contributed by atoms with Crippen molar-refractivity contribution < 1.29 is 4.79 Å². The maximum Gasteiger partial charge on any atom is 0.251 e. The van der Waals surface area contributed by atoms with Crippen LogP contribution in [0.2, 0.25) is 5.02 Å². The molecule has 1 N–H and O–H groups in total. The maximum atomic E-state index is 12.5. The smallest absolute Gasteiger partial charge is 0.251 e.